The van der Waals surface area contributed by atoms with Crippen molar-refractivity contribution in [1.29, 1.82) is 0 Å². The fourth-order valence-electron chi connectivity index (χ4n) is 3.14. The summed E-state index contributed by atoms with van der Waals surface area (Å²) in [5.74, 6) is 0.546. The fraction of sp³-hybridized carbons (Fsp3) is 0.579. The number of carbonyl (C=O) groups is 2. The molecule has 1 heterocycles. The molecule has 0 spiro atoms. The van der Waals surface area contributed by atoms with Crippen LogP contribution >= 0.6 is 0 Å². The maximum Gasteiger partial charge on any atom is 0.317 e. The van der Waals surface area contributed by atoms with E-state index >= 15 is 0 Å². The second kappa shape index (κ2) is 8.74. The Morgan fingerprint density at radius 3 is 2.48 bits per heavy atom. The van der Waals surface area contributed by atoms with Crippen molar-refractivity contribution in [2.24, 2.45) is 5.92 Å². The molecule has 0 aromatic heterocycles. The Hall–Kier alpha value is -2.24. The topological polar surface area (TPSA) is 70.7 Å². The number of nitrogens with one attached hydrogen (secondary N) is 2. The molecule has 1 aromatic carbocycles. The van der Waals surface area contributed by atoms with Crippen LogP contribution in [0.2, 0.25) is 0 Å². The van der Waals surface area contributed by atoms with Gasteiger partial charge in [0, 0.05) is 31.6 Å². The van der Waals surface area contributed by atoms with E-state index in [1.807, 2.05) is 45.0 Å². The summed E-state index contributed by atoms with van der Waals surface area (Å²) in [5, 5.41) is 5.89. The minimum Gasteiger partial charge on any atom is -0.497 e. The van der Waals surface area contributed by atoms with Gasteiger partial charge in [0.1, 0.15) is 5.75 Å². The summed E-state index contributed by atoms with van der Waals surface area (Å²) in [6.07, 6.45) is 0.892. The first-order valence-electron chi connectivity index (χ1n) is 8.93. The number of ether oxygens (including phenoxy) is 1. The lowest BCUT2D eigenvalue weighted by Gasteiger charge is -2.19. The third kappa shape index (κ3) is 4.87. The smallest absolute Gasteiger partial charge is 0.317 e. The molecule has 2 N–H and O–H groups in total. The van der Waals surface area contributed by atoms with Crippen molar-refractivity contribution in [2.75, 3.05) is 26.7 Å². The molecular weight excluding hydrogens is 318 g/mol. The molecule has 138 valence electrons. The van der Waals surface area contributed by atoms with Crippen LogP contribution in [0.3, 0.4) is 0 Å². The van der Waals surface area contributed by atoms with Crippen LogP contribution in [0.15, 0.2) is 24.3 Å². The minimum atomic E-state index is -0.238. The number of hydrogen-bond acceptors (Lipinski definition) is 3. The molecule has 1 aliphatic rings. The van der Waals surface area contributed by atoms with Gasteiger partial charge in [-0.3, -0.25) is 4.79 Å². The number of likely N-dealkylation sites (tertiary alicyclic amines) is 1. The number of rotatable bonds is 6. The Morgan fingerprint density at radius 2 is 1.92 bits per heavy atom. The summed E-state index contributed by atoms with van der Waals surface area (Å²) in [5.41, 5.74) is 1.05. The molecule has 0 saturated carbocycles. The molecule has 3 amide bonds. The van der Waals surface area contributed by atoms with E-state index in [-0.39, 0.29) is 29.8 Å². The largest absolute Gasteiger partial charge is 0.497 e. The van der Waals surface area contributed by atoms with Crippen LogP contribution in [0, 0.1) is 5.92 Å². The highest BCUT2D eigenvalue weighted by Crippen LogP contribution is 2.33. The van der Waals surface area contributed by atoms with Crippen LogP contribution in [-0.4, -0.2) is 49.6 Å². The van der Waals surface area contributed by atoms with E-state index in [0.717, 1.165) is 17.7 Å². The van der Waals surface area contributed by atoms with E-state index in [1.165, 1.54) is 0 Å². The molecule has 2 rings (SSSR count). The summed E-state index contributed by atoms with van der Waals surface area (Å²) in [6, 6.07) is 7.71. The van der Waals surface area contributed by atoms with Gasteiger partial charge in [-0.25, -0.2) is 4.79 Å². The second-order valence-electron chi connectivity index (χ2n) is 6.79. The average molecular weight is 347 g/mol. The summed E-state index contributed by atoms with van der Waals surface area (Å²) < 4.78 is 5.21. The predicted octanol–water partition coefficient (Wildman–Crippen LogP) is 2.35. The number of carbonyl (C=O) groups excluding carboxylic acids is 2. The SMILES string of the molecule is CCCNC(=O)C1CN(C(=O)NC(C)C)CC1c1ccc(OC)cc1. The number of benzene rings is 1. The summed E-state index contributed by atoms with van der Waals surface area (Å²) in [6.45, 7) is 7.52. The van der Waals surface area contributed by atoms with Crippen molar-refractivity contribution >= 4 is 11.9 Å². The molecule has 1 aliphatic heterocycles. The van der Waals surface area contributed by atoms with Crippen molar-refractivity contribution in [1.82, 2.24) is 15.5 Å². The molecule has 6 heteroatoms. The minimum absolute atomic E-state index is 0.0133. The van der Waals surface area contributed by atoms with E-state index in [4.69, 9.17) is 4.74 Å². The summed E-state index contributed by atoms with van der Waals surface area (Å²) in [7, 11) is 1.63. The monoisotopic (exact) mass is 347 g/mol. The molecule has 25 heavy (non-hydrogen) atoms. The highest BCUT2D eigenvalue weighted by Gasteiger charge is 2.40. The Morgan fingerprint density at radius 1 is 1.24 bits per heavy atom. The highest BCUT2D eigenvalue weighted by atomic mass is 16.5. The number of nitrogens with zero attached hydrogens (tertiary/aromatic N) is 1. The zero-order chi connectivity index (χ0) is 18.4. The van der Waals surface area contributed by atoms with Crippen LogP contribution in [0.5, 0.6) is 5.75 Å². The molecule has 0 bridgehead atoms. The average Bonchev–Trinajstić information content (AvgIpc) is 3.04. The zero-order valence-corrected chi connectivity index (χ0v) is 15.5. The van der Waals surface area contributed by atoms with Crippen molar-refractivity contribution in [2.45, 2.75) is 39.2 Å². The van der Waals surface area contributed by atoms with Crippen LogP contribution in [0.1, 0.15) is 38.7 Å². The Bertz CT molecular complexity index is 586. The molecule has 2 atom stereocenters. The molecule has 1 fully saturated rings. The fourth-order valence-corrected chi connectivity index (χ4v) is 3.14. The van der Waals surface area contributed by atoms with Gasteiger partial charge in [0.2, 0.25) is 5.91 Å². The van der Waals surface area contributed by atoms with E-state index in [0.29, 0.717) is 19.6 Å². The van der Waals surface area contributed by atoms with Gasteiger partial charge in [-0.05, 0) is 38.0 Å². The van der Waals surface area contributed by atoms with Crippen LogP contribution in [0.25, 0.3) is 0 Å². The van der Waals surface area contributed by atoms with Crippen molar-refractivity contribution < 1.29 is 14.3 Å². The van der Waals surface area contributed by atoms with Gasteiger partial charge in [-0.1, -0.05) is 19.1 Å². The Labute approximate surface area is 149 Å². The molecule has 0 radical (unpaired) electrons. The van der Waals surface area contributed by atoms with Crippen LogP contribution < -0.4 is 15.4 Å². The number of hydrogen-bond donors (Lipinski definition) is 2. The van der Waals surface area contributed by atoms with Gasteiger partial charge in [0.15, 0.2) is 0 Å². The predicted molar refractivity (Wildman–Crippen MR) is 97.8 cm³/mol. The van der Waals surface area contributed by atoms with E-state index in [1.54, 1.807) is 12.0 Å². The molecule has 1 aromatic rings. The van der Waals surface area contributed by atoms with Gasteiger partial charge in [0.05, 0.1) is 13.0 Å². The van der Waals surface area contributed by atoms with E-state index in [9.17, 15) is 9.59 Å². The van der Waals surface area contributed by atoms with Gasteiger partial charge >= 0.3 is 6.03 Å². The second-order valence-corrected chi connectivity index (χ2v) is 6.79. The maximum atomic E-state index is 12.6. The summed E-state index contributed by atoms with van der Waals surface area (Å²) in [4.78, 5) is 26.7. The third-order valence-electron chi connectivity index (χ3n) is 4.45. The van der Waals surface area contributed by atoms with Gasteiger partial charge in [0.25, 0.3) is 0 Å². The quantitative estimate of drug-likeness (QED) is 0.830. The van der Waals surface area contributed by atoms with E-state index < -0.39 is 0 Å². The molecule has 0 aliphatic carbocycles. The third-order valence-corrected chi connectivity index (χ3v) is 4.45. The first-order valence-corrected chi connectivity index (χ1v) is 8.93. The summed E-state index contributed by atoms with van der Waals surface area (Å²) >= 11 is 0. The standard InChI is InChI=1S/C19H29N3O3/c1-5-10-20-18(23)17-12-22(19(24)21-13(2)3)11-16(17)14-6-8-15(25-4)9-7-14/h6-9,13,16-17H,5,10-12H2,1-4H3,(H,20,23)(H,21,24). The first kappa shape index (κ1) is 19.1. The van der Waals surface area contributed by atoms with Crippen molar-refractivity contribution in [3.8, 4) is 5.75 Å². The highest BCUT2D eigenvalue weighted by molar-refractivity contribution is 5.83. The lowest BCUT2D eigenvalue weighted by molar-refractivity contribution is -0.124. The van der Waals surface area contributed by atoms with Gasteiger partial charge in [-0.2, -0.15) is 0 Å². The molecular formula is C19H29N3O3. The number of amides is 3. The lowest BCUT2D eigenvalue weighted by atomic mass is 9.88. The van der Waals surface area contributed by atoms with Crippen molar-refractivity contribution in [3.63, 3.8) is 0 Å². The van der Waals surface area contributed by atoms with Crippen LogP contribution in [0.4, 0.5) is 4.79 Å². The van der Waals surface area contributed by atoms with Gasteiger partial charge in [-0.15, -0.1) is 0 Å². The maximum absolute atomic E-state index is 12.6. The number of urea groups is 1. The van der Waals surface area contributed by atoms with Crippen LogP contribution in [-0.2, 0) is 4.79 Å². The molecule has 2 unspecified atom stereocenters. The van der Waals surface area contributed by atoms with Crippen molar-refractivity contribution in [3.05, 3.63) is 29.8 Å². The molecule has 1 saturated heterocycles. The normalized spacial score (nSPS) is 19.8. The Balaban J connectivity index is 2.18. The van der Waals surface area contributed by atoms with E-state index in [2.05, 4.69) is 10.6 Å². The first-order chi connectivity index (χ1) is 12.0. The number of methoxy groups -OCH3 is 1. The lowest BCUT2D eigenvalue weighted by Crippen LogP contribution is -2.42. The molecule has 6 nitrogen and oxygen atoms in total. The Kier molecular flexibility index (Phi) is 6.67. The zero-order valence-electron chi connectivity index (χ0n) is 15.5. The van der Waals surface area contributed by atoms with Gasteiger partial charge < -0.3 is 20.3 Å².